The summed E-state index contributed by atoms with van der Waals surface area (Å²) in [5.74, 6) is 16.7. The molecule has 0 spiro atoms. The van der Waals surface area contributed by atoms with Crippen molar-refractivity contribution >= 4 is 24.4 Å². The van der Waals surface area contributed by atoms with E-state index in [0.29, 0.717) is 0 Å². The van der Waals surface area contributed by atoms with Crippen LogP contribution in [0.1, 0.15) is 41.5 Å². The van der Waals surface area contributed by atoms with Crippen LogP contribution in [-0.2, 0) is 0 Å². The monoisotopic (exact) mass is 336 g/mol. The predicted octanol–water partition coefficient (Wildman–Crippen LogP) is 3.63. The lowest BCUT2D eigenvalue weighted by molar-refractivity contribution is 0.571. The average Bonchev–Trinajstić information content (AvgIpc) is 2.56. The second-order valence-corrected chi connectivity index (χ2v) is 9.16. The smallest absolute Gasteiger partial charge is 0.145 e. The van der Waals surface area contributed by atoms with E-state index >= 15 is 0 Å². The molecule has 3 rings (SSSR count). The molecule has 0 aromatic heterocycles. The summed E-state index contributed by atoms with van der Waals surface area (Å²) in [7, 11) is 0. The number of allylic oxidation sites excluding steroid dienone is 4. The predicted molar refractivity (Wildman–Crippen MR) is 116 cm³/mol. The minimum absolute atomic E-state index is 0.00717. The molecule has 0 fully saturated rings. The summed E-state index contributed by atoms with van der Waals surface area (Å²) in [6.07, 6.45) is 8.68. The third-order valence-corrected chi connectivity index (χ3v) is 4.42. The molecule has 2 radical (unpaired) electrons. The van der Waals surface area contributed by atoms with Gasteiger partial charge in [-0.1, -0.05) is 35.9 Å². The van der Waals surface area contributed by atoms with Crippen LogP contribution < -0.4 is 10.9 Å². The highest BCUT2D eigenvalue weighted by molar-refractivity contribution is 7.01. The molecule has 1 aromatic carbocycles. The van der Waals surface area contributed by atoms with E-state index in [9.17, 15) is 0 Å². The maximum absolute atomic E-state index is 3.57. The van der Waals surface area contributed by atoms with Gasteiger partial charge >= 0.3 is 0 Å². The SMILES string of the molecule is CC(C)(C)C#C[B-]1c2ccccc2[B-](C#CC(C)(C)C)[C+]2C=CC=C[C+]12. The van der Waals surface area contributed by atoms with E-state index in [2.05, 4.69) is 114 Å². The molecule has 0 saturated heterocycles. The maximum Gasteiger partial charge on any atom is 0.145 e. The molecule has 2 heteroatoms. The third-order valence-electron chi connectivity index (χ3n) is 4.42. The van der Waals surface area contributed by atoms with Crippen LogP contribution in [-0.4, -0.2) is 13.4 Å². The molecular formula is C24H26B2. The van der Waals surface area contributed by atoms with Gasteiger partial charge in [-0.2, -0.15) is 0 Å². The van der Waals surface area contributed by atoms with Crippen molar-refractivity contribution in [2.24, 2.45) is 10.8 Å². The van der Waals surface area contributed by atoms with Crippen molar-refractivity contribution in [3.05, 3.63) is 60.2 Å². The molecule has 0 atom stereocenters. The fraction of sp³-hybridized carbons (Fsp3) is 0.333. The van der Waals surface area contributed by atoms with Crippen molar-refractivity contribution in [2.75, 3.05) is 0 Å². The van der Waals surface area contributed by atoms with Crippen molar-refractivity contribution in [2.45, 2.75) is 41.5 Å². The van der Waals surface area contributed by atoms with Gasteiger partial charge in [0, 0.05) is 10.8 Å². The van der Waals surface area contributed by atoms with Crippen LogP contribution in [0, 0.1) is 45.9 Å². The first-order valence-electron chi connectivity index (χ1n) is 9.39. The zero-order valence-electron chi connectivity index (χ0n) is 16.8. The number of rotatable bonds is 0. The first-order chi connectivity index (χ1) is 12.2. The lowest BCUT2D eigenvalue weighted by Gasteiger charge is -2.44. The van der Waals surface area contributed by atoms with Crippen LogP contribution in [0.5, 0.6) is 0 Å². The van der Waals surface area contributed by atoms with Crippen LogP contribution in [0.15, 0.2) is 48.6 Å². The Balaban J connectivity index is 2.14. The number of hydrogen-bond donors (Lipinski definition) is 0. The summed E-state index contributed by atoms with van der Waals surface area (Å²) in [5, 5.41) is 0. The van der Waals surface area contributed by atoms with Gasteiger partial charge in [0.25, 0.3) is 0 Å². The van der Waals surface area contributed by atoms with E-state index in [1.54, 1.807) is 0 Å². The van der Waals surface area contributed by atoms with Crippen molar-refractivity contribution in [1.29, 1.82) is 0 Å². The summed E-state index contributed by atoms with van der Waals surface area (Å²) in [6, 6.07) is 8.68. The molecule has 1 aliphatic carbocycles. The Kier molecular flexibility index (Phi) is 4.82. The molecule has 0 saturated carbocycles. The summed E-state index contributed by atoms with van der Waals surface area (Å²) in [4.78, 5) is 0. The van der Waals surface area contributed by atoms with Gasteiger partial charge in [0.1, 0.15) is 25.6 Å². The molecule has 0 unspecified atom stereocenters. The zero-order chi connectivity index (χ0) is 18.9. The van der Waals surface area contributed by atoms with Crippen molar-refractivity contribution in [1.82, 2.24) is 0 Å². The zero-order valence-corrected chi connectivity index (χ0v) is 16.8. The summed E-state index contributed by atoms with van der Waals surface area (Å²) >= 11 is 0. The van der Waals surface area contributed by atoms with E-state index in [-0.39, 0.29) is 24.3 Å². The largest absolute Gasteiger partial charge is 0.309 e. The Labute approximate surface area is 160 Å². The minimum Gasteiger partial charge on any atom is -0.309 e. The van der Waals surface area contributed by atoms with E-state index in [0.717, 1.165) is 0 Å². The Morgan fingerprint density at radius 1 is 0.692 bits per heavy atom. The molecule has 0 nitrogen and oxygen atoms in total. The van der Waals surface area contributed by atoms with Crippen molar-refractivity contribution in [3.63, 3.8) is 0 Å². The van der Waals surface area contributed by atoms with Gasteiger partial charge < -0.3 is 11.6 Å². The maximum atomic E-state index is 3.57. The molecule has 0 bridgehead atoms. The van der Waals surface area contributed by atoms with Crippen molar-refractivity contribution in [3.8, 4) is 23.5 Å². The first kappa shape index (κ1) is 18.5. The van der Waals surface area contributed by atoms with Crippen molar-refractivity contribution < 1.29 is 0 Å². The highest BCUT2D eigenvalue weighted by atomic mass is 14.2. The van der Waals surface area contributed by atoms with Gasteiger partial charge in [-0.15, -0.1) is 11.8 Å². The highest BCUT2D eigenvalue weighted by Crippen LogP contribution is 2.31. The van der Waals surface area contributed by atoms with Gasteiger partial charge in [-0.3, -0.25) is 0 Å². The van der Waals surface area contributed by atoms with Crippen LogP contribution in [0.2, 0.25) is 0 Å². The van der Waals surface area contributed by atoms with Gasteiger partial charge in [0.05, 0.1) is 12.2 Å². The van der Waals surface area contributed by atoms with Crippen LogP contribution in [0.3, 0.4) is 0 Å². The summed E-state index contributed by atoms with van der Waals surface area (Å²) < 4.78 is 0. The number of benzene rings is 1. The van der Waals surface area contributed by atoms with Gasteiger partial charge in [-0.25, -0.2) is 10.9 Å². The molecular weight excluding hydrogens is 310 g/mol. The molecule has 1 aliphatic heterocycles. The molecule has 128 valence electrons. The standard InChI is InChI=1S/C24H26B2/c1-23(2,3)15-17-25-19-11-7-9-13-21(19)26(18-16-24(4,5)6)22-14-10-8-12-20(22)25/h7-14H,1-6H3. The van der Waals surface area contributed by atoms with E-state index in [1.165, 1.54) is 22.6 Å². The highest BCUT2D eigenvalue weighted by Gasteiger charge is 2.37. The molecule has 1 aromatic rings. The van der Waals surface area contributed by atoms with E-state index in [4.69, 9.17) is 0 Å². The van der Waals surface area contributed by atoms with Gasteiger partial charge in [-0.05, 0) is 41.5 Å². The Hall–Kier alpha value is -2.31. The Bertz CT molecular complexity index is 781. The van der Waals surface area contributed by atoms with Crippen LogP contribution >= 0.6 is 0 Å². The second kappa shape index (κ2) is 6.78. The molecule has 1 heterocycles. The van der Waals surface area contributed by atoms with Gasteiger partial charge in [0.15, 0.2) is 0 Å². The number of hydrogen-bond acceptors (Lipinski definition) is 0. The summed E-state index contributed by atoms with van der Waals surface area (Å²) in [6.45, 7) is 13.2. The quantitative estimate of drug-likeness (QED) is 0.386. The average molecular weight is 336 g/mol. The number of fused-ring (bicyclic) bond motifs is 2. The fourth-order valence-electron chi connectivity index (χ4n) is 3.30. The Morgan fingerprint density at radius 2 is 1.08 bits per heavy atom. The molecule has 2 aliphatic rings. The molecule has 26 heavy (non-hydrogen) atoms. The van der Waals surface area contributed by atoms with Crippen LogP contribution in [0.4, 0.5) is 0 Å². The normalized spacial score (nSPS) is 17.0. The minimum atomic E-state index is -0.00717. The first-order valence-corrected chi connectivity index (χ1v) is 9.39. The molecule has 0 amide bonds. The molecule has 0 N–H and O–H groups in total. The topological polar surface area (TPSA) is 0 Å². The summed E-state index contributed by atoms with van der Waals surface area (Å²) in [5.41, 5.74) is 2.59. The third kappa shape index (κ3) is 4.08. The fourth-order valence-corrected chi connectivity index (χ4v) is 3.30. The second-order valence-electron chi connectivity index (χ2n) is 9.16. The lowest BCUT2D eigenvalue weighted by atomic mass is 9.18. The van der Waals surface area contributed by atoms with E-state index < -0.39 is 0 Å². The van der Waals surface area contributed by atoms with Gasteiger partial charge in [0.2, 0.25) is 0 Å². The van der Waals surface area contributed by atoms with E-state index in [1.807, 2.05) is 0 Å². The lowest BCUT2D eigenvalue weighted by Crippen LogP contribution is -2.60. The Morgan fingerprint density at radius 3 is 1.42 bits per heavy atom. The van der Waals surface area contributed by atoms with Crippen LogP contribution in [0.25, 0.3) is 0 Å².